The maximum Gasteiger partial charge on any atom is 0.255 e. The summed E-state index contributed by atoms with van der Waals surface area (Å²) in [6.45, 7) is 4.29. The summed E-state index contributed by atoms with van der Waals surface area (Å²) in [5, 5.41) is 44.5. The number of nitrogens with zero attached hydrogens (tertiary/aromatic N) is 1. The number of aliphatic hydroxyl groups is 3. The van der Waals surface area contributed by atoms with Gasteiger partial charge in [0.2, 0.25) is 5.78 Å². The van der Waals surface area contributed by atoms with Gasteiger partial charge in [0.05, 0.1) is 11.6 Å². The smallest absolute Gasteiger partial charge is 0.255 e. The highest BCUT2D eigenvalue weighted by Gasteiger charge is 2.63. The van der Waals surface area contributed by atoms with Crippen LogP contribution in [0.5, 0.6) is 5.75 Å². The van der Waals surface area contributed by atoms with Crippen LogP contribution in [0.2, 0.25) is 0 Å². The number of allylic oxidation sites excluding steroid dienone is 1. The Kier molecular flexibility index (Phi) is 6.98. The number of carbonyl (C=O) groups is 3. The molecular weight excluding hydrogens is 476 g/mol. The molecule has 0 radical (unpaired) electrons. The van der Waals surface area contributed by atoms with Gasteiger partial charge in [0.25, 0.3) is 5.91 Å². The molecule has 37 heavy (non-hydrogen) atoms. The first-order chi connectivity index (χ1) is 17.4. The number of hydrogen-bond donors (Lipinski definition) is 5. The molecule has 3 aliphatic carbocycles. The third-order valence-corrected chi connectivity index (χ3v) is 8.68. The van der Waals surface area contributed by atoms with E-state index in [1.165, 1.54) is 6.07 Å². The van der Waals surface area contributed by atoms with Crippen LogP contribution < -0.4 is 5.73 Å². The largest absolute Gasteiger partial charge is 0.510 e. The zero-order valence-corrected chi connectivity index (χ0v) is 21.7. The summed E-state index contributed by atoms with van der Waals surface area (Å²) in [4.78, 5) is 40.7. The molecule has 3 aliphatic rings. The van der Waals surface area contributed by atoms with Crippen LogP contribution in [0, 0.1) is 17.8 Å². The van der Waals surface area contributed by atoms with E-state index >= 15 is 0 Å². The number of ketones is 2. The van der Waals surface area contributed by atoms with Gasteiger partial charge in [-0.2, -0.15) is 0 Å². The van der Waals surface area contributed by atoms with Crippen LogP contribution in [0.4, 0.5) is 0 Å². The lowest BCUT2D eigenvalue weighted by Crippen LogP contribution is -2.63. The molecule has 4 rings (SSSR count). The normalized spacial score (nSPS) is 27.5. The van der Waals surface area contributed by atoms with Crippen LogP contribution in [-0.4, -0.2) is 68.5 Å². The number of phenols is 1. The number of nitrogens with two attached hydrogens (primary N) is 1. The lowest BCUT2D eigenvalue weighted by Gasteiger charge is -2.50. The van der Waals surface area contributed by atoms with E-state index in [2.05, 4.69) is 13.8 Å². The molecule has 6 N–H and O–H groups in total. The SMILES string of the molecule is CCC(CC)CCc1ccc(O)c2c1C[C@H]1C[C@H]3[C@H](N(C)C)C(O)=C(C(N)=O)C(=O)[C@@]3(O)C(O)=C1C2=O. The summed E-state index contributed by atoms with van der Waals surface area (Å²) >= 11 is 0. The number of benzene rings is 1. The minimum atomic E-state index is -2.62. The van der Waals surface area contributed by atoms with Crippen molar-refractivity contribution in [3.8, 4) is 5.75 Å². The third-order valence-electron chi connectivity index (χ3n) is 8.68. The number of amides is 1. The number of carbonyl (C=O) groups excluding carboxylic acids is 3. The number of phenolic OH excluding ortho intramolecular Hbond substituents is 1. The van der Waals surface area contributed by atoms with E-state index < -0.39 is 58.0 Å². The minimum Gasteiger partial charge on any atom is -0.510 e. The molecule has 0 unspecified atom stereocenters. The Morgan fingerprint density at radius 2 is 1.81 bits per heavy atom. The van der Waals surface area contributed by atoms with Crippen LogP contribution in [0.25, 0.3) is 0 Å². The van der Waals surface area contributed by atoms with Crippen molar-refractivity contribution < 1.29 is 34.8 Å². The lowest BCUT2D eigenvalue weighted by atomic mass is 9.58. The summed E-state index contributed by atoms with van der Waals surface area (Å²) in [6.07, 6.45) is 4.17. The first-order valence-electron chi connectivity index (χ1n) is 12.9. The van der Waals surface area contributed by atoms with Crippen molar-refractivity contribution in [2.24, 2.45) is 23.5 Å². The fourth-order valence-corrected chi connectivity index (χ4v) is 6.61. The van der Waals surface area contributed by atoms with Crippen molar-refractivity contribution in [1.29, 1.82) is 0 Å². The first kappa shape index (κ1) is 26.9. The maximum atomic E-state index is 13.7. The van der Waals surface area contributed by atoms with Crippen molar-refractivity contribution in [2.45, 2.75) is 64.0 Å². The molecule has 0 aliphatic heterocycles. The van der Waals surface area contributed by atoms with Crippen molar-refractivity contribution >= 4 is 17.5 Å². The number of fused-ring (bicyclic) bond motifs is 3. The summed E-state index contributed by atoms with van der Waals surface area (Å²) in [5.41, 5.74) is 3.54. The highest BCUT2D eigenvalue weighted by Crippen LogP contribution is 2.52. The Labute approximate surface area is 216 Å². The molecule has 1 aromatic carbocycles. The van der Waals surface area contributed by atoms with E-state index in [9.17, 15) is 34.8 Å². The Bertz CT molecular complexity index is 1230. The zero-order valence-electron chi connectivity index (χ0n) is 21.7. The molecule has 1 amide bonds. The summed E-state index contributed by atoms with van der Waals surface area (Å²) in [5.74, 6) is -5.79. The van der Waals surface area contributed by atoms with Crippen molar-refractivity contribution in [1.82, 2.24) is 4.90 Å². The van der Waals surface area contributed by atoms with Crippen LogP contribution in [0.1, 0.15) is 61.0 Å². The highest BCUT2D eigenvalue weighted by atomic mass is 16.3. The Morgan fingerprint density at radius 3 is 2.38 bits per heavy atom. The molecular formula is C28H36N2O7. The second kappa shape index (κ2) is 9.61. The van der Waals surface area contributed by atoms with Gasteiger partial charge in [0.1, 0.15) is 22.8 Å². The molecule has 1 aromatic rings. The number of aromatic hydroxyl groups is 1. The minimum absolute atomic E-state index is 0.0721. The second-order valence-electron chi connectivity index (χ2n) is 10.8. The molecule has 0 fully saturated rings. The van der Waals surface area contributed by atoms with E-state index in [1.807, 2.05) is 6.07 Å². The second-order valence-corrected chi connectivity index (χ2v) is 10.8. The van der Waals surface area contributed by atoms with E-state index in [-0.39, 0.29) is 23.3 Å². The van der Waals surface area contributed by atoms with Gasteiger partial charge in [0.15, 0.2) is 11.4 Å². The number of aryl methyl sites for hydroxylation is 1. The van der Waals surface area contributed by atoms with Gasteiger partial charge >= 0.3 is 0 Å². The number of primary amides is 1. The molecule has 4 atom stereocenters. The molecule has 0 saturated carbocycles. The fraction of sp³-hybridized carbons (Fsp3) is 0.536. The Balaban J connectivity index is 1.86. The molecule has 0 heterocycles. The fourth-order valence-electron chi connectivity index (χ4n) is 6.61. The Hall–Kier alpha value is -3.17. The number of hydrogen-bond acceptors (Lipinski definition) is 8. The number of rotatable bonds is 7. The molecule has 9 nitrogen and oxygen atoms in total. The molecule has 0 aromatic heterocycles. The van der Waals surface area contributed by atoms with Crippen LogP contribution in [0.3, 0.4) is 0 Å². The molecule has 0 bridgehead atoms. The van der Waals surface area contributed by atoms with Gasteiger partial charge in [-0.3, -0.25) is 19.3 Å². The van der Waals surface area contributed by atoms with Gasteiger partial charge in [-0.15, -0.1) is 0 Å². The van der Waals surface area contributed by atoms with Crippen molar-refractivity contribution in [3.63, 3.8) is 0 Å². The third kappa shape index (κ3) is 3.95. The van der Waals surface area contributed by atoms with Gasteiger partial charge in [-0.25, -0.2) is 0 Å². The van der Waals surface area contributed by atoms with E-state index in [0.717, 1.165) is 31.2 Å². The van der Waals surface area contributed by atoms with E-state index in [1.54, 1.807) is 19.0 Å². The van der Waals surface area contributed by atoms with E-state index in [4.69, 9.17) is 5.73 Å². The molecule has 0 spiro atoms. The summed E-state index contributed by atoms with van der Waals surface area (Å²) < 4.78 is 0. The quantitative estimate of drug-likeness (QED) is 0.348. The molecule has 0 saturated heterocycles. The van der Waals surface area contributed by atoms with Crippen LogP contribution in [0.15, 0.2) is 34.8 Å². The number of Topliss-reactive ketones (excluding diaryl/α,β-unsaturated/α-hetero) is 2. The first-order valence-corrected chi connectivity index (χ1v) is 12.9. The topological polar surface area (TPSA) is 161 Å². The number of likely N-dealkylation sites (N-methyl/N-ethyl adjacent to an activating group) is 1. The number of aliphatic hydroxyl groups excluding tert-OH is 2. The standard InChI is InChI=1S/C28H36N2O7/c1-5-13(6-2)7-8-14-9-10-18(31)20-16(14)11-15-12-17-22(30(3)4)24(33)21(27(29)36)26(35)28(17,37)25(34)19(15)23(20)32/h9-10,13,15,17,22,31,33-34,37H,5-8,11-12H2,1-4H3,(H2,29,36)/t15-,17-,22-,28-/m0/s1. The van der Waals surface area contributed by atoms with Crippen molar-refractivity contribution in [3.05, 3.63) is 51.5 Å². The molecule has 200 valence electrons. The summed E-state index contributed by atoms with van der Waals surface area (Å²) in [6, 6.07) is 2.30. The predicted molar refractivity (Wildman–Crippen MR) is 136 cm³/mol. The Morgan fingerprint density at radius 1 is 1.16 bits per heavy atom. The van der Waals surface area contributed by atoms with Crippen LogP contribution in [-0.2, 0) is 22.4 Å². The average Bonchev–Trinajstić information content (AvgIpc) is 2.82. The maximum absolute atomic E-state index is 13.7. The zero-order chi connectivity index (χ0) is 27.4. The van der Waals surface area contributed by atoms with E-state index in [0.29, 0.717) is 17.9 Å². The van der Waals surface area contributed by atoms with Crippen molar-refractivity contribution in [2.75, 3.05) is 14.1 Å². The highest BCUT2D eigenvalue weighted by molar-refractivity contribution is 6.24. The van der Waals surface area contributed by atoms with Gasteiger partial charge in [0, 0.05) is 11.5 Å². The van der Waals surface area contributed by atoms with Gasteiger partial charge in [-0.05, 0) is 68.8 Å². The molecule has 9 heteroatoms. The van der Waals surface area contributed by atoms with Gasteiger partial charge in [-0.1, -0.05) is 32.8 Å². The van der Waals surface area contributed by atoms with Gasteiger partial charge < -0.3 is 26.2 Å². The monoisotopic (exact) mass is 512 g/mol. The van der Waals surface area contributed by atoms with Crippen LogP contribution >= 0.6 is 0 Å². The lowest BCUT2D eigenvalue weighted by molar-refractivity contribution is -0.148. The average molecular weight is 513 g/mol. The predicted octanol–water partition coefficient (Wildman–Crippen LogP) is 2.49. The summed E-state index contributed by atoms with van der Waals surface area (Å²) in [7, 11) is 3.22.